The number of amides is 2. The SMILES string of the molecule is C[Si](C)(C)CCOC(=O)NCCCC[C@@H](C#N)NC(=O)OCc1ccccc1. The van der Waals surface area contributed by atoms with Crippen molar-refractivity contribution in [1.82, 2.24) is 10.6 Å². The number of nitrogens with zero attached hydrogens (tertiary/aromatic N) is 1. The lowest BCUT2D eigenvalue weighted by molar-refractivity contribution is 0.137. The molecule has 0 radical (unpaired) electrons. The molecule has 0 unspecified atom stereocenters. The number of nitrogens with one attached hydrogen (secondary N) is 2. The van der Waals surface area contributed by atoms with E-state index in [4.69, 9.17) is 14.7 Å². The first-order valence-electron chi connectivity index (χ1n) is 9.57. The molecule has 2 amide bonds. The van der Waals surface area contributed by atoms with Crippen LogP contribution < -0.4 is 10.6 Å². The highest BCUT2D eigenvalue weighted by molar-refractivity contribution is 6.76. The van der Waals surface area contributed by atoms with Gasteiger partial charge in [0, 0.05) is 14.6 Å². The van der Waals surface area contributed by atoms with Crippen molar-refractivity contribution in [2.75, 3.05) is 13.2 Å². The van der Waals surface area contributed by atoms with Crippen LogP contribution in [-0.4, -0.2) is 39.5 Å². The number of alkyl carbamates (subject to hydrolysis) is 2. The van der Waals surface area contributed by atoms with Crippen molar-refractivity contribution in [2.24, 2.45) is 0 Å². The second kappa shape index (κ2) is 12.8. The fourth-order valence-corrected chi connectivity index (χ4v) is 2.96. The highest BCUT2D eigenvalue weighted by Crippen LogP contribution is 2.07. The summed E-state index contributed by atoms with van der Waals surface area (Å²) in [5.74, 6) is 0. The molecule has 1 rings (SSSR count). The van der Waals surface area contributed by atoms with E-state index in [9.17, 15) is 9.59 Å². The zero-order valence-corrected chi connectivity index (χ0v) is 18.0. The third-order valence-corrected chi connectivity index (χ3v) is 5.64. The minimum atomic E-state index is -1.20. The maximum Gasteiger partial charge on any atom is 0.408 e. The number of carbonyl (C=O) groups excluding carboxylic acids is 2. The summed E-state index contributed by atoms with van der Waals surface area (Å²) in [6.45, 7) is 7.77. The molecule has 1 aromatic carbocycles. The van der Waals surface area contributed by atoms with Gasteiger partial charge in [-0.3, -0.25) is 0 Å². The topological polar surface area (TPSA) is 100 Å². The van der Waals surface area contributed by atoms with Gasteiger partial charge in [0.2, 0.25) is 0 Å². The van der Waals surface area contributed by atoms with E-state index in [2.05, 4.69) is 36.3 Å². The van der Waals surface area contributed by atoms with E-state index in [1.165, 1.54) is 0 Å². The minimum Gasteiger partial charge on any atom is -0.450 e. The van der Waals surface area contributed by atoms with Crippen molar-refractivity contribution >= 4 is 20.3 Å². The van der Waals surface area contributed by atoms with Crippen LogP contribution in [0, 0.1) is 11.3 Å². The van der Waals surface area contributed by atoms with Crippen LogP contribution in [0.1, 0.15) is 24.8 Å². The maximum absolute atomic E-state index is 11.8. The second-order valence-corrected chi connectivity index (χ2v) is 13.4. The van der Waals surface area contributed by atoms with Crippen LogP contribution in [-0.2, 0) is 16.1 Å². The number of hydrogen-bond acceptors (Lipinski definition) is 5. The molecular weight excluding hydrogens is 374 g/mol. The average molecular weight is 406 g/mol. The Morgan fingerprint density at radius 1 is 1.11 bits per heavy atom. The third kappa shape index (κ3) is 12.0. The second-order valence-electron chi connectivity index (χ2n) is 7.76. The van der Waals surface area contributed by atoms with Crippen molar-refractivity contribution in [1.29, 1.82) is 5.26 Å². The molecule has 0 aliphatic heterocycles. The molecule has 2 N–H and O–H groups in total. The average Bonchev–Trinajstić information content (AvgIpc) is 2.65. The van der Waals surface area contributed by atoms with Crippen molar-refractivity contribution in [3.63, 3.8) is 0 Å². The van der Waals surface area contributed by atoms with Gasteiger partial charge in [-0.1, -0.05) is 50.0 Å². The predicted octanol–water partition coefficient (Wildman–Crippen LogP) is 4.04. The fourth-order valence-electron chi connectivity index (χ4n) is 2.24. The molecule has 1 atom stereocenters. The Morgan fingerprint density at radius 2 is 1.82 bits per heavy atom. The Morgan fingerprint density at radius 3 is 2.46 bits per heavy atom. The summed E-state index contributed by atoms with van der Waals surface area (Å²) in [6.07, 6.45) is 0.856. The van der Waals surface area contributed by atoms with Crippen molar-refractivity contribution in [3.05, 3.63) is 35.9 Å². The van der Waals surface area contributed by atoms with Crippen LogP contribution >= 0.6 is 0 Å². The van der Waals surface area contributed by atoms with Gasteiger partial charge in [0.15, 0.2) is 0 Å². The van der Waals surface area contributed by atoms with Gasteiger partial charge < -0.3 is 20.1 Å². The first kappa shape index (κ1) is 23.5. The molecule has 0 fully saturated rings. The third-order valence-electron chi connectivity index (χ3n) is 3.93. The number of carbonyl (C=O) groups is 2. The largest absolute Gasteiger partial charge is 0.450 e. The normalized spacial score (nSPS) is 11.8. The van der Waals surface area contributed by atoms with Gasteiger partial charge >= 0.3 is 12.2 Å². The summed E-state index contributed by atoms with van der Waals surface area (Å²) < 4.78 is 10.3. The van der Waals surface area contributed by atoms with Crippen LogP contribution in [0.4, 0.5) is 9.59 Å². The van der Waals surface area contributed by atoms with Gasteiger partial charge in [-0.05, 0) is 30.9 Å². The summed E-state index contributed by atoms with van der Waals surface area (Å²) in [4.78, 5) is 23.4. The van der Waals surface area contributed by atoms with E-state index in [0.717, 1.165) is 11.6 Å². The van der Waals surface area contributed by atoms with Crippen LogP contribution in [0.25, 0.3) is 0 Å². The number of rotatable bonds is 11. The molecule has 0 saturated heterocycles. The number of hydrogen-bond donors (Lipinski definition) is 2. The standard InChI is InChI=1S/C20H31N3O4Si/c1-28(2,3)14-13-26-19(24)22-12-8-7-11-18(15-21)23-20(25)27-16-17-9-5-4-6-10-17/h4-6,9-10,18H,7-8,11-14,16H2,1-3H3,(H,22,24)(H,23,25)/t18-/m0/s1. The van der Waals surface area contributed by atoms with E-state index in [0.29, 0.717) is 32.4 Å². The Labute approximate surface area is 168 Å². The van der Waals surface area contributed by atoms with E-state index in [1.54, 1.807) is 0 Å². The smallest absolute Gasteiger partial charge is 0.408 e. The maximum atomic E-state index is 11.8. The Bertz CT molecular complexity index is 641. The van der Waals surface area contributed by atoms with Crippen LogP contribution in [0.3, 0.4) is 0 Å². The lowest BCUT2D eigenvalue weighted by Gasteiger charge is -2.15. The Kier molecular flexibility index (Phi) is 10.7. The lowest BCUT2D eigenvalue weighted by Crippen LogP contribution is -2.34. The fraction of sp³-hybridized carbons (Fsp3) is 0.550. The molecule has 154 valence electrons. The van der Waals surface area contributed by atoms with Gasteiger partial charge in [0.05, 0.1) is 12.7 Å². The van der Waals surface area contributed by atoms with E-state index < -0.39 is 26.3 Å². The summed E-state index contributed by atoms with van der Waals surface area (Å²) >= 11 is 0. The van der Waals surface area contributed by atoms with Crippen molar-refractivity contribution in [3.8, 4) is 6.07 Å². The monoisotopic (exact) mass is 405 g/mol. The summed E-state index contributed by atoms with van der Waals surface area (Å²) in [7, 11) is -1.20. The molecule has 0 spiro atoms. The minimum absolute atomic E-state index is 0.161. The van der Waals surface area contributed by atoms with Gasteiger partial charge in [0.1, 0.15) is 12.6 Å². The zero-order valence-electron chi connectivity index (χ0n) is 17.0. The number of unbranched alkanes of at least 4 members (excludes halogenated alkanes) is 1. The highest BCUT2D eigenvalue weighted by Gasteiger charge is 2.14. The van der Waals surface area contributed by atoms with Crippen LogP contribution in [0.5, 0.6) is 0 Å². The number of nitriles is 1. The molecule has 8 heteroatoms. The van der Waals surface area contributed by atoms with Crippen LogP contribution in [0.2, 0.25) is 25.7 Å². The first-order chi connectivity index (χ1) is 13.3. The van der Waals surface area contributed by atoms with Gasteiger partial charge in [-0.2, -0.15) is 5.26 Å². The molecule has 0 aromatic heterocycles. The van der Waals surface area contributed by atoms with E-state index >= 15 is 0 Å². The summed E-state index contributed by atoms with van der Waals surface area (Å²) in [6, 6.07) is 11.7. The summed E-state index contributed by atoms with van der Waals surface area (Å²) in [5.41, 5.74) is 0.883. The molecule has 0 heterocycles. The number of ether oxygens (including phenoxy) is 2. The highest BCUT2D eigenvalue weighted by atomic mass is 28.3. The molecule has 0 bridgehead atoms. The zero-order chi connectivity index (χ0) is 20.8. The summed E-state index contributed by atoms with van der Waals surface area (Å²) in [5, 5.41) is 14.4. The molecule has 7 nitrogen and oxygen atoms in total. The Balaban J connectivity index is 2.11. The molecule has 1 aromatic rings. The van der Waals surface area contributed by atoms with E-state index in [1.807, 2.05) is 30.3 Å². The quantitative estimate of drug-likeness (QED) is 0.427. The number of benzene rings is 1. The van der Waals surface area contributed by atoms with E-state index in [-0.39, 0.29) is 6.61 Å². The van der Waals surface area contributed by atoms with Crippen molar-refractivity contribution in [2.45, 2.75) is 57.6 Å². The molecule has 28 heavy (non-hydrogen) atoms. The Hall–Kier alpha value is -2.53. The lowest BCUT2D eigenvalue weighted by atomic mass is 10.1. The molecular formula is C20H31N3O4Si. The molecule has 0 aliphatic rings. The molecule has 0 saturated carbocycles. The van der Waals surface area contributed by atoms with Gasteiger partial charge in [0.25, 0.3) is 0 Å². The van der Waals surface area contributed by atoms with Crippen LogP contribution in [0.15, 0.2) is 30.3 Å². The molecule has 0 aliphatic carbocycles. The predicted molar refractivity (Wildman–Crippen MR) is 111 cm³/mol. The van der Waals surface area contributed by atoms with Gasteiger partial charge in [-0.15, -0.1) is 0 Å². The van der Waals surface area contributed by atoms with Gasteiger partial charge in [-0.25, -0.2) is 9.59 Å². The van der Waals surface area contributed by atoms with Crippen molar-refractivity contribution < 1.29 is 19.1 Å². The first-order valence-corrected chi connectivity index (χ1v) is 13.3.